The number of nitrogens with two attached hydrogens (primary N) is 1. The van der Waals surface area contributed by atoms with E-state index >= 15 is 0 Å². The monoisotopic (exact) mass is 392 g/mol. The summed E-state index contributed by atoms with van der Waals surface area (Å²) >= 11 is 6.35. The van der Waals surface area contributed by atoms with Gasteiger partial charge in [0.25, 0.3) is 0 Å². The minimum absolute atomic E-state index is 0.0926. The average Bonchev–Trinajstić information content (AvgIpc) is 2.43. The Morgan fingerprint density at radius 3 is 2.15 bits per heavy atom. The molecule has 4 N–H and O–H groups in total. The highest BCUT2D eigenvalue weighted by Gasteiger charge is 2.51. The van der Waals surface area contributed by atoms with Gasteiger partial charge in [-0.2, -0.15) is 0 Å². The summed E-state index contributed by atoms with van der Waals surface area (Å²) in [4.78, 5) is 12.7. The molecule has 0 heterocycles. The normalized spacial score (nSPS) is 15.6. The van der Waals surface area contributed by atoms with Crippen molar-refractivity contribution in [1.29, 1.82) is 0 Å². The molecule has 0 radical (unpaired) electrons. The molecule has 0 aromatic rings. The number of nitrogens with one attached hydrogen (secondary N) is 2. The molecule has 0 rings (SSSR count). The number of rotatable bonds is 9. The average molecular weight is 393 g/mol. The van der Waals surface area contributed by atoms with E-state index < -0.39 is 22.8 Å². The molecule has 1 atom stereocenters. The predicted octanol–water partition coefficient (Wildman–Crippen LogP) is 2.95. The Labute approximate surface area is 163 Å². The van der Waals surface area contributed by atoms with Crippen molar-refractivity contribution in [2.24, 2.45) is 5.73 Å². The lowest BCUT2D eigenvalue weighted by Crippen LogP contribution is -2.67. The molecule has 154 valence electrons. The van der Waals surface area contributed by atoms with E-state index in [0.717, 1.165) is 0 Å². The summed E-state index contributed by atoms with van der Waals surface area (Å²) in [6.07, 6.45) is 1.21. The van der Waals surface area contributed by atoms with E-state index in [1.54, 1.807) is 13.1 Å². The Kier molecular flexibility index (Phi) is 9.23. The van der Waals surface area contributed by atoms with Gasteiger partial charge in [-0.1, -0.05) is 0 Å². The van der Waals surface area contributed by atoms with Gasteiger partial charge in [-0.25, -0.2) is 15.2 Å². The number of ether oxygens (including phenoxy) is 2. The number of alkyl halides is 1. The molecule has 1 unspecified atom stereocenters. The number of amides is 1. The van der Waals surface area contributed by atoms with Gasteiger partial charge in [-0.05, 0) is 61.5 Å². The summed E-state index contributed by atoms with van der Waals surface area (Å²) in [7, 11) is 1.65. The minimum atomic E-state index is -1.05. The van der Waals surface area contributed by atoms with Crippen LogP contribution in [0.2, 0.25) is 0 Å². The molecule has 0 saturated carbocycles. The van der Waals surface area contributed by atoms with Gasteiger partial charge in [-0.15, -0.1) is 11.6 Å². The lowest BCUT2D eigenvalue weighted by atomic mass is 9.82. The quantitative estimate of drug-likeness (QED) is 0.413. The van der Waals surface area contributed by atoms with Gasteiger partial charge in [0.2, 0.25) is 0 Å². The van der Waals surface area contributed by atoms with Gasteiger partial charge in [0.1, 0.15) is 11.2 Å². The van der Waals surface area contributed by atoms with Crippen LogP contribution in [0.15, 0.2) is 11.9 Å². The van der Waals surface area contributed by atoms with Crippen LogP contribution in [-0.4, -0.2) is 53.4 Å². The molecule has 8 heteroatoms. The van der Waals surface area contributed by atoms with Crippen molar-refractivity contribution < 1.29 is 14.3 Å². The summed E-state index contributed by atoms with van der Waals surface area (Å²) in [6, 6.07) is 0.148. The third kappa shape index (κ3) is 6.52. The molecule has 0 spiro atoms. The summed E-state index contributed by atoms with van der Waals surface area (Å²) in [5, 5.41) is 4.52. The molecule has 26 heavy (non-hydrogen) atoms. The van der Waals surface area contributed by atoms with Crippen molar-refractivity contribution in [3.05, 3.63) is 11.9 Å². The van der Waals surface area contributed by atoms with E-state index in [0.29, 0.717) is 12.4 Å². The summed E-state index contributed by atoms with van der Waals surface area (Å²) < 4.78 is 11.6. The van der Waals surface area contributed by atoms with Gasteiger partial charge in [-0.3, -0.25) is 0 Å². The fourth-order valence-corrected chi connectivity index (χ4v) is 3.10. The molecular weight excluding hydrogens is 356 g/mol. The van der Waals surface area contributed by atoms with Crippen molar-refractivity contribution in [3.63, 3.8) is 0 Å². The predicted molar refractivity (Wildman–Crippen MR) is 107 cm³/mol. The highest BCUT2D eigenvalue weighted by atomic mass is 35.5. The van der Waals surface area contributed by atoms with Crippen LogP contribution in [0.3, 0.4) is 0 Å². The van der Waals surface area contributed by atoms with E-state index in [9.17, 15) is 4.79 Å². The first-order valence-corrected chi connectivity index (χ1v) is 9.45. The van der Waals surface area contributed by atoms with Crippen LogP contribution in [-0.2, 0) is 9.47 Å². The number of hydrazine groups is 1. The maximum Gasteiger partial charge on any atom is 0.425 e. The molecule has 7 nitrogen and oxygen atoms in total. The molecule has 0 aliphatic rings. The van der Waals surface area contributed by atoms with Crippen molar-refractivity contribution >= 4 is 17.7 Å². The zero-order valence-electron chi connectivity index (χ0n) is 17.7. The Morgan fingerprint density at radius 2 is 1.81 bits per heavy atom. The molecule has 0 aliphatic carbocycles. The van der Waals surface area contributed by atoms with Crippen molar-refractivity contribution in [2.75, 3.05) is 19.5 Å². The molecule has 1 amide bonds. The Morgan fingerprint density at radius 1 is 1.27 bits per heavy atom. The highest BCUT2D eigenvalue weighted by molar-refractivity contribution is 6.18. The summed E-state index contributed by atoms with van der Waals surface area (Å²) in [5.41, 5.74) is 6.45. The van der Waals surface area contributed by atoms with Gasteiger partial charge in [0.05, 0.1) is 17.2 Å². The number of hydrogen-bond donors (Lipinski definition) is 3. The van der Waals surface area contributed by atoms with Gasteiger partial charge >= 0.3 is 6.09 Å². The Hall–Kier alpha value is -1.18. The number of carbonyl (C=O) groups excluding carboxylic acids is 1. The Balaban J connectivity index is 6.05. The van der Waals surface area contributed by atoms with E-state index in [1.807, 2.05) is 55.4 Å². The van der Waals surface area contributed by atoms with Crippen molar-refractivity contribution in [3.8, 4) is 0 Å². The topological polar surface area (TPSA) is 88.9 Å². The van der Waals surface area contributed by atoms with Crippen LogP contribution in [0.4, 0.5) is 4.79 Å². The number of nitrogens with zero attached hydrogens (tertiary/aromatic N) is 1. The SMILES string of the molecule is CCOC(/C=C(\N)NC(C)C)(CCl)C(C)(C)N(NC)C(=O)OC(C)(C)C. The lowest BCUT2D eigenvalue weighted by Gasteiger charge is -2.49. The fraction of sp³-hybridized carbons (Fsp3) is 0.833. The molecule has 0 fully saturated rings. The minimum Gasteiger partial charge on any atom is -0.443 e. The molecule has 0 aromatic heterocycles. The first kappa shape index (κ1) is 24.8. The summed E-state index contributed by atoms with van der Waals surface area (Å²) in [5.74, 6) is 0.525. The van der Waals surface area contributed by atoms with Gasteiger partial charge in [0.15, 0.2) is 0 Å². The smallest absolute Gasteiger partial charge is 0.425 e. The number of halogens is 1. The van der Waals surface area contributed by atoms with Gasteiger partial charge < -0.3 is 20.5 Å². The summed E-state index contributed by atoms with van der Waals surface area (Å²) in [6.45, 7) is 15.4. The molecule has 0 saturated heterocycles. The van der Waals surface area contributed by atoms with E-state index in [4.69, 9.17) is 26.8 Å². The third-order valence-corrected chi connectivity index (χ3v) is 4.24. The zero-order chi connectivity index (χ0) is 20.8. The second-order valence-corrected chi connectivity index (χ2v) is 8.22. The maximum absolute atomic E-state index is 12.7. The zero-order valence-corrected chi connectivity index (χ0v) is 18.5. The fourth-order valence-electron chi connectivity index (χ4n) is 2.62. The first-order valence-electron chi connectivity index (χ1n) is 8.91. The molecule has 0 aromatic carbocycles. The third-order valence-electron chi connectivity index (χ3n) is 3.84. The van der Waals surface area contributed by atoms with Crippen LogP contribution in [0.5, 0.6) is 0 Å². The van der Waals surface area contributed by atoms with Crippen molar-refractivity contribution in [1.82, 2.24) is 15.8 Å². The second-order valence-electron chi connectivity index (χ2n) is 7.95. The van der Waals surface area contributed by atoms with E-state index in [-0.39, 0.29) is 11.9 Å². The van der Waals surface area contributed by atoms with Crippen LogP contribution in [0, 0.1) is 0 Å². The number of hydrogen-bond acceptors (Lipinski definition) is 6. The van der Waals surface area contributed by atoms with E-state index in [1.165, 1.54) is 5.01 Å². The number of carbonyl (C=O) groups is 1. The van der Waals surface area contributed by atoms with E-state index in [2.05, 4.69) is 10.7 Å². The largest absolute Gasteiger partial charge is 0.443 e. The Bertz CT molecular complexity index is 489. The second kappa shape index (κ2) is 9.67. The molecule has 0 aliphatic heterocycles. The van der Waals surface area contributed by atoms with Crippen molar-refractivity contribution in [2.45, 2.75) is 78.2 Å². The first-order chi connectivity index (χ1) is 11.8. The molecular formula is C18H37ClN4O3. The van der Waals surface area contributed by atoms with Crippen LogP contribution in [0.1, 0.15) is 55.4 Å². The van der Waals surface area contributed by atoms with Crippen LogP contribution in [0.25, 0.3) is 0 Å². The lowest BCUT2D eigenvalue weighted by molar-refractivity contribution is -0.108. The van der Waals surface area contributed by atoms with Gasteiger partial charge in [0, 0.05) is 19.7 Å². The molecule has 0 bridgehead atoms. The standard InChI is InChI=1S/C18H37ClN4O3/c1-10-25-18(12-19,11-14(20)22-13(2)3)17(7,8)23(21-9)15(24)26-16(4,5)6/h11,13,21-22H,10,12,20H2,1-9H3/b14-11+. The van der Waals surface area contributed by atoms with Crippen LogP contribution >= 0.6 is 11.6 Å². The highest BCUT2D eigenvalue weighted by Crippen LogP contribution is 2.35. The maximum atomic E-state index is 12.7. The van der Waals surface area contributed by atoms with Crippen LogP contribution < -0.4 is 16.5 Å².